The van der Waals surface area contributed by atoms with Gasteiger partial charge in [0, 0.05) is 33.9 Å². The van der Waals surface area contributed by atoms with Gasteiger partial charge < -0.3 is 9.13 Å². The van der Waals surface area contributed by atoms with Crippen LogP contribution >= 0.6 is 7.14 Å². The van der Waals surface area contributed by atoms with Crippen molar-refractivity contribution in [3.8, 4) is 22.5 Å². The molecule has 0 saturated heterocycles. The van der Waals surface area contributed by atoms with Gasteiger partial charge in [0.2, 0.25) is 0 Å². The number of aryl methyl sites for hydroxylation is 1. The first-order valence-corrected chi connectivity index (χ1v) is 19.5. The molecule has 0 spiro atoms. The largest absolute Gasteiger partial charge is 0.327 e. The van der Waals surface area contributed by atoms with E-state index in [1.807, 2.05) is 36.4 Å². The molecule has 2 aliphatic rings. The number of rotatable bonds is 8. The molecule has 8 rings (SSSR count). The van der Waals surface area contributed by atoms with Gasteiger partial charge in [-0.3, -0.25) is 0 Å². The highest BCUT2D eigenvalue weighted by molar-refractivity contribution is 7.79. The number of benzene rings is 5. The smallest absolute Gasteiger partial charge is 0.147 e. The molecular formula is C44H43N2OP. The van der Waals surface area contributed by atoms with Crippen molar-refractivity contribution >= 4 is 17.8 Å². The van der Waals surface area contributed by atoms with Gasteiger partial charge in [-0.25, -0.2) is 4.98 Å². The molecule has 1 aromatic heterocycles. The molecule has 1 heterocycles. The number of imidazole rings is 1. The number of hydrogen-bond donors (Lipinski definition) is 0. The van der Waals surface area contributed by atoms with E-state index in [2.05, 4.69) is 114 Å². The van der Waals surface area contributed by atoms with Crippen LogP contribution in [0, 0.1) is 5.92 Å². The quantitative estimate of drug-likeness (QED) is 0.154. The molecule has 3 nitrogen and oxygen atoms in total. The Labute approximate surface area is 285 Å². The topological polar surface area (TPSA) is 34.9 Å². The Kier molecular flexibility index (Phi) is 8.72. The van der Waals surface area contributed by atoms with Crippen molar-refractivity contribution in [3.63, 3.8) is 0 Å². The van der Waals surface area contributed by atoms with E-state index in [1.54, 1.807) is 0 Å². The van der Waals surface area contributed by atoms with E-state index in [4.69, 9.17) is 4.98 Å². The minimum Gasteiger partial charge on any atom is -0.327 e. The SMILES string of the molecule is O=P(c1ccccc1)(c1ccccc1)[C@H]1CCc2ccccc2C1c1nc(-c2ccccc2)c(-c2ccccc2)n1CC1CCCCC1. The van der Waals surface area contributed by atoms with Crippen LogP contribution in [0.25, 0.3) is 22.5 Å². The number of fused-ring (bicyclic) bond motifs is 1. The van der Waals surface area contributed by atoms with Crippen LogP contribution < -0.4 is 10.6 Å². The summed E-state index contributed by atoms with van der Waals surface area (Å²) in [6, 6.07) is 51.0. The van der Waals surface area contributed by atoms with Crippen molar-refractivity contribution in [2.75, 3.05) is 0 Å². The molecule has 2 aliphatic carbocycles. The molecule has 240 valence electrons. The summed E-state index contributed by atoms with van der Waals surface area (Å²) in [6.45, 7) is 0.922. The Morgan fingerprint density at radius 2 is 1.15 bits per heavy atom. The zero-order valence-corrected chi connectivity index (χ0v) is 28.4. The Balaban J connectivity index is 1.42. The first-order chi connectivity index (χ1) is 23.7. The predicted molar refractivity (Wildman–Crippen MR) is 200 cm³/mol. The second-order valence-electron chi connectivity index (χ2n) is 13.6. The van der Waals surface area contributed by atoms with Crippen molar-refractivity contribution in [3.05, 3.63) is 163 Å². The molecular weight excluding hydrogens is 603 g/mol. The fraction of sp³-hybridized carbons (Fsp3) is 0.250. The average molecular weight is 647 g/mol. The third-order valence-corrected chi connectivity index (χ3v) is 14.4. The predicted octanol–water partition coefficient (Wildman–Crippen LogP) is 10.3. The van der Waals surface area contributed by atoms with Crippen LogP contribution in [0.15, 0.2) is 146 Å². The van der Waals surface area contributed by atoms with Crippen molar-refractivity contribution in [2.24, 2.45) is 5.92 Å². The van der Waals surface area contributed by atoms with Crippen molar-refractivity contribution in [1.29, 1.82) is 0 Å². The lowest BCUT2D eigenvalue weighted by molar-refractivity contribution is 0.315. The van der Waals surface area contributed by atoms with Gasteiger partial charge in [0.15, 0.2) is 0 Å². The minimum atomic E-state index is -3.14. The summed E-state index contributed by atoms with van der Waals surface area (Å²) >= 11 is 0. The Morgan fingerprint density at radius 1 is 0.604 bits per heavy atom. The molecule has 0 bridgehead atoms. The molecule has 48 heavy (non-hydrogen) atoms. The molecule has 5 aromatic carbocycles. The van der Waals surface area contributed by atoms with Crippen molar-refractivity contribution < 1.29 is 4.57 Å². The molecule has 0 aliphatic heterocycles. The lowest BCUT2D eigenvalue weighted by atomic mass is 9.81. The number of hydrogen-bond acceptors (Lipinski definition) is 2. The summed E-state index contributed by atoms with van der Waals surface area (Å²) in [5, 5.41) is 1.87. The zero-order valence-electron chi connectivity index (χ0n) is 27.5. The number of aromatic nitrogens is 2. The molecule has 1 saturated carbocycles. The zero-order chi connectivity index (χ0) is 32.3. The van der Waals surface area contributed by atoms with Gasteiger partial charge in [-0.15, -0.1) is 0 Å². The molecule has 1 fully saturated rings. The lowest BCUT2D eigenvalue weighted by Crippen LogP contribution is -2.36. The van der Waals surface area contributed by atoms with Gasteiger partial charge in [-0.2, -0.15) is 0 Å². The van der Waals surface area contributed by atoms with Crippen LogP contribution in [0.5, 0.6) is 0 Å². The van der Waals surface area contributed by atoms with Gasteiger partial charge in [0.05, 0.1) is 17.3 Å². The second kappa shape index (κ2) is 13.6. The van der Waals surface area contributed by atoms with Crippen molar-refractivity contribution in [2.45, 2.75) is 63.1 Å². The maximum atomic E-state index is 16.3. The molecule has 0 radical (unpaired) electrons. The van der Waals surface area contributed by atoms with E-state index in [0.717, 1.165) is 47.1 Å². The van der Waals surface area contributed by atoms with E-state index in [0.29, 0.717) is 5.92 Å². The van der Waals surface area contributed by atoms with Crippen LogP contribution in [-0.2, 0) is 17.5 Å². The molecule has 6 aromatic rings. The van der Waals surface area contributed by atoms with Crippen LogP contribution in [0.1, 0.15) is 61.4 Å². The summed E-state index contributed by atoms with van der Waals surface area (Å²) in [5.74, 6) is 1.51. The van der Waals surface area contributed by atoms with Crippen LogP contribution in [0.2, 0.25) is 0 Å². The van der Waals surface area contributed by atoms with Gasteiger partial charge >= 0.3 is 0 Å². The summed E-state index contributed by atoms with van der Waals surface area (Å²) < 4.78 is 18.8. The van der Waals surface area contributed by atoms with Crippen LogP contribution in [0.3, 0.4) is 0 Å². The molecule has 2 atom stereocenters. The highest BCUT2D eigenvalue weighted by atomic mass is 31.2. The number of nitrogens with zero attached hydrogens (tertiary/aromatic N) is 2. The van der Waals surface area contributed by atoms with E-state index in [-0.39, 0.29) is 11.6 Å². The Bertz CT molecular complexity index is 1970. The third-order valence-electron chi connectivity index (χ3n) is 10.8. The molecule has 0 amide bonds. The van der Waals surface area contributed by atoms with Gasteiger partial charge in [-0.05, 0) is 42.7 Å². The standard InChI is InChI=1S/C44H43N2OP/c47-48(37-25-12-4-13-26-37,38-27-14-5-15-28-38)40-31-30-34-20-16-17-29-39(34)41(40)44-45-42(35-21-8-2-9-22-35)43(36-23-10-3-11-24-36)46(44)32-33-18-6-1-7-19-33/h2-5,8-17,20-29,33,40-41H,1,6-7,18-19,30-32H2/t40-,41?/m0/s1. The lowest BCUT2D eigenvalue weighted by Gasteiger charge is -2.39. The molecule has 4 heteroatoms. The summed E-state index contributed by atoms with van der Waals surface area (Å²) in [7, 11) is -3.14. The van der Waals surface area contributed by atoms with E-state index < -0.39 is 7.14 Å². The molecule has 1 unspecified atom stereocenters. The van der Waals surface area contributed by atoms with Gasteiger partial charge in [0.1, 0.15) is 13.0 Å². The monoisotopic (exact) mass is 646 g/mol. The highest BCUT2D eigenvalue weighted by Gasteiger charge is 2.47. The normalized spacial score (nSPS) is 18.3. The first kappa shape index (κ1) is 30.8. The first-order valence-electron chi connectivity index (χ1n) is 17.7. The minimum absolute atomic E-state index is 0.135. The van der Waals surface area contributed by atoms with Crippen LogP contribution in [-0.4, -0.2) is 15.2 Å². The summed E-state index contributed by atoms with van der Waals surface area (Å²) in [6.07, 6.45) is 8.11. The van der Waals surface area contributed by atoms with E-state index in [9.17, 15) is 0 Å². The van der Waals surface area contributed by atoms with Gasteiger partial charge in [0.25, 0.3) is 0 Å². The van der Waals surface area contributed by atoms with Crippen LogP contribution in [0.4, 0.5) is 0 Å². The maximum Gasteiger partial charge on any atom is 0.147 e. The Hall–Kier alpha value is -4.46. The van der Waals surface area contributed by atoms with E-state index in [1.165, 1.54) is 54.5 Å². The molecule has 0 N–H and O–H groups in total. The van der Waals surface area contributed by atoms with Crippen molar-refractivity contribution in [1.82, 2.24) is 9.55 Å². The highest BCUT2D eigenvalue weighted by Crippen LogP contribution is 2.59. The fourth-order valence-electron chi connectivity index (χ4n) is 8.48. The third kappa shape index (κ3) is 5.69. The van der Waals surface area contributed by atoms with Gasteiger partial charge in [-0.1, -0.05) is 165 Å². The second-order valence-corrected chi connectivity index (χ2v) is 16.6. The Morgan fingerprint density at radius 3 is 1.77 bits per heavy atom. The van der Waals surface area contributed by atoms with E-state index >= 15 is 4.57 Å². The summed E-state index contributed by atoms with van der Waals surface area (Å²) in [5.41, 5.74) is 6.98. The average Bonchev–Trinajstić information content (AvgIpc) is 3.54. The maximum absolute atomic E-state index is 16.3. The fourth-order valence-corrected chi connectivity index (χ4v) is 12.0. The summed E-state index contributed by atoms with van der Waals surface area (Å²) in [4.78, 5) is 5.74.